The predicted octanol–water partition coefficient (Wildman–Crippen LogP) is 5.66. The number of ketones is 1. The number of ether oxygens (including phenoxy) is 1. The average molecular weight is 455 g/mol. The molecule has 0 saturated heterocycles. The molecule has 0 aliphatic heterocycles. The van der Waals surface area contributed by atoms with Gasteiger partial charge >= 0.3 is 5.97 Å². The molecule has 33 heavy (non-hydrogen) atoms. The van der Waals surface area contributed by atoms with Gasteiger partial charge in [-0.25, -0.2) is 4.79 Å². The number of aromatic amines is 1. The summed E-state index contributed by atoms with van der Waals surface area (Å²) in [7, 11) is 0. The van der Waals surface area contributed by atoms with Crippen molar-refractivity contribution in [3.63, 3.8) is 0 Å². The molecule has 2 aromatic rings. The summed E-state index contributed by atoms with van der Waals surface area (Å²) >= 11 is 0. The van der Waals surface area contributed by atoms with Crippen LogP contribution in [0.5, 0.6) is 0 Å². The van der Waals surface area contributed by atoms with Crippen LogP contribution in [0.1, 0.15) is 102 Å². The lowest BCUT2D eigenvalue weighted by molar-refractivity contribution is 0.0518. The standard InChI is InChI=1S/C27H38N2O4/c1-8-10-11-12-21-13-15-22(16-14-21)26(31)29(17(3)4)20(7)25(30)23-18(5)24(28-19(23)6)27(32)33-9-2/h13-17,20,28H,8-12H2,1-7H3. The summed E-state index contributed by atoms with van der Waals surface area (Å²) in [6, 6.07) is 6.83. The first-order valence-corrected chi connectivity index (χ1v) is 12.0. The van der Waals surface area contributed by atoms with E-state index in [-0.39, 0.29) is 30.0 Å². The number of benzene rings is 1. The number of unbranched alkanes of at least 4 members (excludes halogenated alkanes) is 2. The molecule has 1 unspecified atom stereocenters. The zero-order valence-corrected chi connectivity index (χ0v) is 21.1. The average Bonchev–Trinajstić information content (AvgIpc) is 3.07. The second kappa shape index (κ2) is 11.8. The van der Waals surface area contributed by atoms with Gasteiger partial charge in [-0.15, -0.1) is 0 Å². The number of nitrogens with one attached hydrogen (secondary N) is 1. The summed E-state index contributed by atoms with van der Waals surface area (Å²) in [4.78, 5) is 43.7. The van der Waals surface area contributed by atoms with Crippen molar-refractivity contribution >= 4 is 17.7 Å². The van der Waals surface area contributed by atoms with Crippen LogP contribution in [0.15, 0.2) is 24.3 Å². The number of aromatic nitrogens is 1. The van der Waals surface area contributed by atoms with E-state index in [0.29, 0.717) is 22.4 Å². The number of carbonyl (C=O) groups excluding carboxylic acids is 3. The number of rotatable bonds is 11. The topological polar surface area (TPSA) is 79.5 Å². The van der Waals surface area contributed by atoms with Crippen molar-refractivity contribution in [2.45, 2.75) is 86.2 Å². The molecule has 0 radical (unpaired) electrons. The Bertz CT molecular complexity index is 973. The molecule has 0 aliphatic carbocycles. The summed E-state index contributed by atoms with van der Waals surface area (Å²) in [5, 5.41) is 0. The van der Waals surface area contributed by atoms with Crippen LogP contribution in [0.4, 0.5) is 0 Å². The summed E-state index contributed by atoms with van der Waals surface area (Å²) in [6.07, 6.45) is 4.50. The number of aryl methyl sites for hydroxylation is 2. The Morgan fingerprint density at radius 3 is 2.18 bits per heavy atom. The SMILES string of the molecule is CCCCCc1ccc(C(=O)N(C(C)C)C(C)C(=O)c2c(C)[nH]c(C(=O)OCC)c2C)cc1. The molecule has 1 N–H and O–H groups in total. The largest absolute Gasteiger partial charge is 0.461 e. The molecule has 1 amide bonds. The Morgan fingerprint density at radius 1 is 1.00 bits per heavy atom. The number of hydrogen-bond donors (Lipinski definition) is 1. The number of amides is 1. The van der Waals surface area contributed by atoms with Crippen molar-refractivity contribution in [1.82, 2.24) is 9.88 Å². The third-order valence-corrected chi connectivity index (χ3v) is 6.02. The predicted molar refractivity (Wildman–Crippen MR) is 131 cm³/mol. The van der Waals surface area contributed by atoms with Gasteiger partial charge < -0.3 is 14.6 Å². The van der Waals surface area contributed by atoms with Gasteiger partial charge in [0.2, 0.25) is 0 Å². The van der Waals surface area contributed by atoms with Crippen LogP contribution in [0.3, 0.4) is 0 Å². The molecule has 1 atom stereocenters. The molecule has 0 spiro atoms. The third kappa shape index (κ3) is 6.12. The molecule has 0 saturated carbocycles. The van der Waals surface area contributed by atoms with Crippen molar-refractivity contribution in [2.75, 3.05) is 6.61 Å². The third-order valence-electron chi connectivity index (χ3n) is 6.02. The molecule has 6 heteroatoms. The summed E-state index contributed by atoms with van der Waals surface area (Å²) in [6.45, 7) is 13.2. The lowest BCUT2D eigenvalue weighted by atomic mass is 9.98. The highest BCUT2D eigenvalue weighted by atomic mass is 16.5. The van der Waals surface area contributed by atoms with Crippen molar-refractivity contribution in [3.05, 3.63) is 57.9 Å². The van der Waals surface area contributed by atoms with E-state index < -0.39 is 12.0 Å². The molecule has 6 nitrogen and oxygen atoms in total. The highest BCUT2D eigenvalue weighted by Crippen LogP contribution is 2.24. The Kier molecular flexibility index (Phi) is 9.44. The van der Waals surface area contributed by atoms with Crippen LogP contribution in [0.2, 0.25) is 0 Å². The van der Waals surface area contributed by atoms with Crippen molar-refractivity contribution in [3.8, 4) is 0 Å². The minimum atomic E-state index is -0.690. The lowest BCUT2D eigenvalue weighted by Gasteiger charge is -2.32. The van der Waals surface area contributed by atoms with Gasteiger partial charge in [-0.05, 0) is 77.6 Å². The highest BCUT2D eigenvalue weighted by molar-refractivity contribution is 6.07. The van der Waals surface area contributed by atoms with E-state index in [1.165, 1.54) is 18.4 Å². The highest BCUT2D eigenvalue weighted by Gasteiger charge is 2.33. The second-order valence-electron chi connectivity index (χ2n) is 8.85. The molecule has 2 rings (SSSR count). The van der Waals surface area contributed by atoms with Gasteiger partial charge in [0, 0.05) is 22.9 Å². The van der Waals surface area contributed by atoms with Crippen LogP contribution in [-0.4, -0.2) is 46.2 Å². The molecular weight excluding hydrogens is 416 g/mol. The Labute approximate surface area is 197 Å². The van der Waals surface area contributed by atoms with Gasteiger partial charge in [0.25, 0.3) is 5.91 Å². The maximum Gasteiger partial charge on any atom is 0.355 e. The molecule has 1 aromatic heterocycles. The molecule has 1 heterocycles. The van der Waals surface area contributed by atoms with E-state index in [0.717, 1.165) is 12.8 Å². The van der Waals surface area contributed by atoms with E-state index in [4.69, 9.17) is 4.74 Å². The van der Waals surface area contributed by atoms with E-state index in [2.05, 4.69) is 11.9 Å². The van der Waals surface area contributed by atoms with Gasteiger partial charge in [0.15, 0.2) is 5.78 Å². The van der Waals surface area contributed by atoms with Crippen LogP contribution in [-0.2, 0) is 11.2 Å². The smallest absolute Gasteiger partial charge is 0.355 e. The zero-order chi connectivity index (χ0) is 24.7. The number of Topliss-reactive ketones (excluding diaryl/α,β-unsaturated/α-hetero) is 1. The van der Waals surface area contributed by atoms with Crippen LogP contribution >= 0.6 is 0 Å². The van der Waals surface area contributed by atoms with Gasteiger partial charge in [-0.3, -0.25) is 9.59 Å². The number of esters is 1. The summed E-state index contributed by atoms with van der Waals surface area (Å²) < 4.78 is 5.09. The molecule has 0 aliphatic rings. The first kappa shape index (κ1) is 26.4. The lowest BCUT2D eigenvalue weighted by Crippen LogP contribution is -2.47. The fourth-order valence-electron chi connectivity index (χ4n) is 4.26. The molecule has 0 bridgehead atoms. The molecule has 180 valence electrons. The van der Waals surface area contributed by atoms with Crippen LogP contribution in [0.25, 0.3) is 0 Å². The Hall–Kier alpha value is -2.89. The van der Waals surface area contributed by atoms with Crippen molar-refractivity contribution in [1.29, 1.82) is 0 Å². The molecule has 0 fully saturated rings. The Balaban J connectivity index is 2.28. The maximum absolute atomic E-state index is 13.5. The normalized spacial score (nSPS) is 12.0. The quantitative estimate of drug-likeness (QED) is 0.270. The molecule has 1 aromatic carbocycles. The first-order chi connectivity index (χ1) is 15.6. The second-order valence-corrected chi connectivity index (χ2v) is 8.85. The molecular formula is C27H38N2O4. The van der Waals surface area contributed by atoms with Gasteiger partial charge in [0.05, 0.1) is 12.6 Å². The maximum atomic E-state index is 13.5. The monoisotopic (exact) mass is 454 g/mol. The Morgan fingerprint density at radius 2 is 1.64 bits per heavy atom. The first-order valence-electron chi connectivity index (χ1n) is 12.0. The van der Waals surface area contributed by atoms with E-state index in [1.54, 1.807) is 32.6 Å². The number of hydrogen-bond acceptors (Lipinski definition) is 4. The fourth-order valence-corrected chi connectivity index (χ4v) is 4.26. The number of H-pyrrole nitrogens is 1. The number of nitrogens with zero attached hydrogens (tertiary/aromatic N) is 1. The minimum absolute atomic E-state index is 0.176. The van der Waals surface area contributed by atoms with Gasteiger partial charge in [-0.2, -0.15) is 0 Å². The zero-order valence-electron chi connectivity index (χ0n) is 21.1. The van der Waals surface area contributed by atoms with E-state index in [9.17, 15) is 14.4 Å². The number of carbonyl (C=O) groups is 3. The summed E-state index contributed by atoms with van der Waals surface area (Å²) in [5.41, 5.74) is 3.65. The van der Waals surface area contributed by atoms with Crippen LogP contribution in [0, 0.1) is 13.8 Å². The van der Waals surface area contributed by atoms with Crippen LogP contribution < -0.4 is 0 Å². The van der Waals surface area contributed by atoms with Crippen molar-refractivity contribution in [2.24, 2.45) is 0 Å². The van der Waals surface area contributed by atoms with Gasteiger partial charge in [-0.1, -0.05) is 31.9 Å². The van der Waals surface area contributed by atoms with Crippen molar-refractivity contribution < 1.29 is 19.1 Å². The minimum Gasteiger partial charge on any atom is -0.461 e. The van der Waals surface area contributed by atoms with E-state index >= 15 is 0 Å². The fraction of sp³-hybridized carbons (Fsp3) is 0.519. The van der Waals surface area contributed by atoms with E-state index in [1.807, 2.05) is 38.1 Å². The van der Waals surface area contributed by atoms with Gasteiger partial charge in [0.1, 0.15) is 5.69 Å². The summed E-state index contributed by atoms with van der Waals surface area (Å²) in [5.74, 6) is -0.863.